The van der Waals surface area contributed by atoms with Crippen LogP contribution in [0.25, 0.3) is 0 Å². The molecule has 6 heteroatoms. The average molecular weight is 409 g/mol. The maximum atomic E-state index is 12.4. The Balaban J connectivity index is 1.37. The van der Waals surface area contributed by atoms with Crippen molar-refractivity contribution < 1.29 is 9.59 Å². The molecule has 0 spiro atoms. The van der Waals surface area contributed by atoms with Crippen LogP contribution in [-0.2, 0) is 11.2 Å². The fraction of sp³-hybridized carbons (Fsp3) is 0.417. The average Bonchev–Trinajstić information content (AvgIpc) is 2.75. The lowest BCUT2D eigenvalue weighted by Crippen LogP contribution is -2.48. The van der Waals surface area contributed by atoms with E-state index in [1.54, 1.807) is 0 Å². The minimum Gasteiger partial charge on any atom is -0.348 e. The zero-order valence-electron chi connectivity index (χ0n) is 17.9. The number of benzene rings is 2. The van der Waals surface area contributed by atoms with Gasteiger partial charge in [-0.3, -0.25) is 9.69 Å². The molecule has 1 fully saturated rings. The van der Waals surface area contributed by atoms with Crippen LogP contribution in [-0.4, -0.2) is 42.5 Å². The molecule has 3 amide bonds. The van der Waals surface area contributed by atoms with Gasteiger partial charge < -0.3 is 16.0 Å². The van der Waals surface area contributed by atoms with E-state index in [9.17, 15) is 9.59 Å². The molecule has 0 radical (unpaired) electrons. The summed E-state index contributed by atoms with van der Waals surface area (Å²) in [4.78, 5) is 26.7. The maximum Gasteiger partial charge on any atom is 0.319 e. The zero-order chi connectivity index (χ0) is 21.3. The fourth-order valence-corrected chi connectivity index (χ4v) is 3.73. The van der Waals surface area contributed by atoms with Gasteiger partial charge in [0.05, 0.1) is 12.6 Å². The third-order valence-electron chi connectivity index (χ3n) is 5.59. The molecule has 0 bridgehead atoms. The van der Waals surface area contributed by atoms with Crippen LogP contribution in [0.5, 0.6) is 0 Å². The van der Waals surface area contributed by atoms with Gasteiger partial charge in [0.2, 0.25) is 5.91 Å². The summed E-state index contributed by atoms with van der Waals surface area (Å²) in [5, 5.41) is 8.97. The van der Waals surface area contributed by atoms with Crippen molar-refractivity contribution in [3.05, 3.63) is 65.7 Å². The summed E-state index contributed by atoms with van der Waals surface area (Å²) in [5.74, 6) is 0.0373. The number of piperidine rings is 1. The highest BCUT2D eigenvalue weighted by atomic mass is 16.2. The Kier molecular flexibility index (Phi) is 7.85. The fourth-order valence-electron chi connectivity index (χ4n) is 3.73. The summed E-state index contributed by atoms with van der Waals surface area (Å²) in [7, 11) is 0. The second-order valence-corrected chi connectivity index (χ2v) is 7.90. The van der Waals surface area contributed by atoms with Crippen LogP contribution in [0.4, 0.5) is 10.5 Å². The number of carbonyl (C=O) groups excluding carboxylic acids is 2. The Morgan fingerprint density at radius 1 is 1.03 bits per heavy atom. The number of hydrogen-bond acceptors (Lipinski definition) is 3. The van der Waals surface area contributed by atoms with E-state index in [4.69, 9.17) is 0 Å². The largest absolute Gasteiger partial charge is 0.348 e. The van der Waals surface area contributed by atoms with E-state index in [1.165, 1.54) is 5.56 Å². The number of rotatable bonds is 7. The number of likely N-dealkylation sites (tertiary alicyclic amines) is 1. The van der Waals surface area contributed by atoms with E-state index in [-0.39, 0.29) is 24.0 Å². The van der Waals surface area contributed by atoms with Gasteiger partial charge in [0.1, 0.15) is 0 Å². The molecular weight excluding hydrogens is 376 g/mol. The Bertz CT molecular complexity index is 815. The summed E-state index contributed by atoms with van der Waals surface area (Å²) >= 11 is 0. The number of aryl methyl sites for hydroxylation is 1. The Labute approximate surface area is 179 Å². The molecule has 1 aliphatic rings. The van der Waals surface area contributed by atoms with Crippen molar-refractivity contribution in [2.45, 2.75) is 45.2 Å². The van der Waals surface area contributed by atoms with Crippen molar-refractivity contribution in [3.63, 3.8) is 0 Å². The van der Waals surface area contributed by atoms with Crippen molar-refractivity contribution in [1.82, 2.24) is 15.5 Å². The summed E-state index contributed by atoms with van der Waals surface area (Å²) < 4.78 is 0. The normalized spacial score (nSPS) is 15.9. The molecule has 1 aliphatic heterocycles. The third kappa shape index (κ3) is 6.59. The van der Waals surface area contributed by atoms with Gasteiger partial charge in [-0.05, 0) is 49.4 Å². The molecule has 0 aliphatic carbocycles. The molecule has 160 valence electrons. The summed E-state index contributed by atoms with van der Waals surface area (Å²) in [6.07, 6.45) is 2.69. The highest BCUT2D eigenvalue weighted by molar-refractivity contribution is 5.89. The van der Waals surface area contributed by atoms with Crippen molar-refractivity contribution in [1.29, 1.82) is 0 Å². The third-order valence-corrected chi connectivity index (χ3v) is 5.59. The summed E-state index contributed by atoms with van der Waals surface area (Å²) in [6.45, 7) is 6.13. The van der Waals surface area contributed by atoms with Crippen molar-refractivity contribution in [2.75, 3.05) is 25.0 Å². The number of urea groups is 1. The number of anilines is 1. The van der Waals surface area contributed by atoms with Crippen LogP contribution in [0, 0.1) is 0 Å². The van der Waals surface area contributed by atoms with E-state index in [2.05, 4.69) is 52.0 Å². The van der Waals surface area contributed by atoms with Crippen LogP contribution in [0.3, 0.4) is 0 Å². The predicted octanol–water partition coefficient (Wildman–Crippen LogP) is 3.71. The van der Waals surface area contributed by atoms with E-state index >= 15 is 0 Å². The number of nitrogens with zero attached hydrogens (tertiary/aromatic N) is 1. The first-order valence-electron chi connectivity index (χ1n) is 10.8. The summed E-state index contributed by atoms with van der Waals surface area (Å²) in [5.41, 5.74) is 3.20. The molecule has 3 N–H and O–H groups in total. The second-order valence-electron chi connectivity index (χ2n) is 7.90. The van der Waals surface area contributed by atoms with Crippen LogP contribution in [0.2, 0.25) is 0 Å². The van der Waals surface area contributed by atoms with Crippen LogP contribution < -0.4 is 16.0 Å². The van der Waals surface area contributed by atoms with Crippen LogP contribution >= 0.6 is 0 Å². The van der Waals surface area contributed by atoms with Crippen molar-refractivity contribution in [2.24, 2.45) is 0 Å². The summed E-state index contributed by atoms with van der Waals surface area (Å²) in [6, 6.07) is 17.8. The zero-order valence-corrected chi connectivity index (χ0v) is 17.9. The molecule has 30 heavy (non-hydrogen) atoms. The Hall–Kier alpha value is -2.86. The van der Waals surface area contributed by atoms with Gasteiger partial charge in [0.15, 0.2) is 0 Å². The van der Waals surface area contributed by atoms with Gasteiger partial charge in [0.25, 0.3) is 0 Å². The molecule has 1 atom stereocenters. The first-order valence-corrected chi connectivity index (χ1v) is 10.8. The van der Waals surface area contributed by atoms with Gasteiger partial charge in [0, 0.05) is 24.8 Å². The maximum absolute atomic E-state index is 12.4. The molecule has 1 unspecified atom stereocenters. The lowest BCUT2D eigenvalue weighted by molar-refractivity contribution is -0.123. The van der Waals surface area contributed by atoms with Gasteiger partial charge in [-0.25, -0.2) is 4.79 Å². The van der Waals surface area contributed by atoms with E-state index < -0.39 is 0 Å². The minimum atomic E-state index is -0.180. The van der Waals surface area contributed by atoms with E-state index in [0.29, 0.717) is 6.54 Å². The van der Waals surface area contributed by atoms with E-state index in [0.717, 1.165) is 43.6 Å². The smallest absolute Gasteiger partial charge is 0.319 e. The van der Waals surface area contributed by atoms with Crippen molar-refractivity contribution >= 4 is 17.6 Å². The SMILES string of the molecule is CCc1ccc(C(C)NC(=O)CN2CCC(NC(=O)Nc3ccccc3)CC2)cc1. The van der Waals surface area contributed by atoms with Gasteiger partial charge in [-0.1, -0.05) is 49.4 Å². The lowest BCUT2D eigenvalue weighted by Gasteiger charge is -2.32. The molecule has 2 aromatic carbocycles. The number of nitrogens with one attached hydrogen (secondary N) is 3. The molecule has 3 rings (SSSR count). The number of para-hydroxylation sites is 1. The molecular formula is C24H32N4O2. The van der Waals surface area contributed by atoms with Gasteiger partial charge in [-0.2, -0.15) is 0 Å². The first kappa shape index (κ1) is 21.8. The Morgan fingerprint density at radius 2 is 1.70 bits per heavy atom. The molecule has 6 nitrogen and oxygen atoms in total. The highest BCUT2D eigenvalue weighted by Gasteiger charge is 2.22. The highest BCUT2D eigenvalue weighted by Crippen LogP contribution is 2.15. The lowest BCUT2D eigenvalue weighted by atomic mass is 10.0. The van der Waals surface area contributed by atoms with Gasteiger partial charge >= 0.3 is 6.03 Å². The standard InChI is InChI=1S/C24H32N4O2/c1-3-19-9-11-20(12-10-19)18(2)25-23(29)17-28-15-13-22(14-16-28)27-24(30)26-21-7-5-4-6-8-21/h4-12,18,22H,3,13-17H2,1-2H3,(H,25,29)(H2,26,27,30). The van der Waals surface area contributed by atoms with Crippen LogP contribution in [0.1, 0.15) is 43.9 Å². The molecule has 1 heterocycles. The number of amides is 3. The van der Waals surface area contributed by atoms with Crippen molar-refractivity contribution in [3.8, 4) is 0 Å². The molecule has 0 aromatic heterocycles. The van der Waals surface area contributed by atoms with Gasteiger partial charge in [-0.15, -0.1) is 0 Å². The number of carbonyl (C=O) groups is 2. The quantitative estimate of drug-likeness (QED) is 0.654. The van der Waals surface area contributed by atoms with E-state index in [1.807, 2.05) is 37.3 Å². The molecule has 0 saturated carbocycles. The number of hydrogen-bond donors (Lipinski definition) is 3. The monoisotopic (exact) mass is 408 g/mol. The molecule has 2 aromatic rings. The molecule has 1 saturated heterocycles. The second kappa shape index (κ2) is 10.8. The Morgan fingerprint density at radius 3 is 2.33 bits per heavy atom. The first-order chi connectivity index (χ1) is 14.5. The minimum absolute atomic E-state index is 0.00991. The topological polar surface area (TPSA) is 73.5 Å². The van der Waals surface area contributed by atoms with Crippen LogP contribution in [0.15, 0.2) is 54.6 Å². The predicted molar refractivity (Wildman–Crippen MR) is 120 cm³/mol.